The minimum absolute atomic E-state index is 0.155. The number of thioether (sulfide) groups is 1. The maximum absolute atomic E-state index is 11.4. The van der Waals surface area contributed by atoms with Crippen molar-refractivity contribution in [1.29, 1.82) is 0 Å². The summed E-state index contributed by atoms with van der Waals surface area (Å²) in [5.74, 6) is 7.95. The van der Waals surface area contributed by atoms with E-state index in [1.54, 1.807) is 19.2 Å². The fraction of sp³-hybridized carbons (Fsp3) is 0.188. The number of nitrogens with zero attached hydrogens (tertiary/aromatic N) is 3. The van der Waals surface area contributed by atoms with Crippen LogP contribution in [-0.4, -0.2) is 35.1 Å². The minimum atomic E-state index is -0.517. The quantitative estimate of drug-likeness (QED) is 0.406. The Labute approximate surface area is 147 Å². The molecule has 130 valence electrons. The van der Waals surface area contributed by atoms with Gasteiger partial charge in [-0.1, -0.05) is 23.9 Å². The summed E-state index contributed by atoms with van der Waals surface area (Å²) in [6, 6.07) is 10.7. The summed E-state index contributed by atoms with van der Waals surface area (Å²) in [5.41, 5.74) is 0.748. The van der Waals surface area contributed by atoms with Crippen LogP contribution in [0.2, 0.25) is 0 Å². The van der Waals surface area contributed by atoms with Gasteiger partial charge in [0.25, 0.3) is 0 Å². The van der Waals surface area contributed by atoms with E-state index in [0.717, 1.165) is 5.56 Å². The number of nitrogens with two attached hydrogens (primary N) is 1. The Morgan fingerprint density at radius 2 is 2.04 bits per heavy atom. The third-order valence-corrected chi connectivity index (χ3v) is 4.37. The Morgan fingerprint density at radius 1 is 1.24 bits per heavy atom. The van der Waals surface area contributed by atoms with Crippen molar-refractivity contribution >= 4 is 17.7 Å². The standard InChI is InChI=1S/C16H16N4O4S/c1-22-12-6-4-3-5-11(12)14-18-19-16(20(14)17)25-9-10-7-8-13(24-10)15(21)23-2/h3-8H,9,17H2,1-2H3. The molecule has 8 nitrogen and oxygen atoms in total. The second-order valence-corrected chi connectivity index (χ2v) is 5.87. The summed E-state index contributed by atoms with van der Waals surface area (Å²) in [7, 11) is 2.89. The molecule has 0 spiro atoms. The third kappa shape index (κ3) is 3.45. The second-order valence-electron chi connectivity index (χ2n) is 4.92. The van der Waals surface area contributed by atoms with Crippen molar-refractivity contribution in [2.75, 3.05) is 20.1 Å². The highest BCUT2D eigenvalue weighted by atomic mass is 32.2. The lowest BCUT2D eigenvalue weighted by molar-refractivity contribution is 0.0563. The molecule has 0 fully saturated rings. The van der Waals surface area contributed by atoms with Crippen molar-refractivity contribution in [3.8, 4) is 17.1 Å². The molecule has 0 aliphatic heterocycles. The first kappa shape index (κ1) is 16.9. The Bertz CT molecular complexity index is 890. The van der Waals surface area contributed by atoms with E-state index in [-0.39, 0.29) is 5.76 Å². The molecule has 25 heavy (non-hydrogen) atoms. The molecule has 0 atom stereocenters. The van der Waals surface area contributed by atoms with E-state index in [9.17, 15) is 4.79 Å². The number of carbonyl (C=O) groups excluding carboxylic acids is 1. The molecule has 0 saturated carbocycles. The first-order valence-electron chi connectivity index (χ1n) is 7.27. The van der Waals surface area contributed by atoms with Gasteiger partial charge in [-0.25, -0.2) is 9.47 Å². The van der Waals surface area contributed by atoms with Crippen LogP contribution in [0.4, 0.5) is 0 Å². The predicted octanol–water partition coefficient (Wildman–Crippen LogP) is 2.34. The summed E-state index contributed by atoms with van der Waals surface area (Å²) in [5, 5.41) is 8.75. The molecule has 2 aromatic heterocycles. The Hall–Kier alpha value is -2.94. The molecule has 0 bridgehead atoms. The lowest BCUT2D eigenvalue weighted by atomic mass is 10.2. The van der Waals surface area contributed by atoms with Crippen LogP contribution in [0.3, 0.4) is 0 Å². The summed E-state index contributed by atoms with van der Waals surface area (Å²) in [4.78, 5) is 11.4. The molecule has 1 aromatic carbocycles. The Morgan fingerprint density at radius 3 is 2.80 bits per heavy atom. The summed E-state index contributed by atoms with van der Waals surface area (Å²) in [6.45, 7) is 0. The lowest BCUT2D eigenvalue weighted by Gasteiger charge is -2.07. The van der Waals surface area contributed by atoms with Crippen LogP contribution in [0, 0.1) is 0 Å². The van der Waals surface area contributed by atoms with Crippen molar-refractivity contribution in [2.24, 2.45) is 0 Å². The van der Waals surface area contributed by atoms with Crippen LogP contribution in [0.5, 0.6) is 5.75 Å². The van der Waals surface area contributed by atoms with Gasteiger partial charge in [0.15, 0.2) is 5.82 Å². The summed E-state index contributed by atoms with van der Waals surface area (Å²) in [6.07, 6.45) is 0. The normalized spacial score (nSPS) is 10.6. The number of furan rings is 1. The number of aromatic nitrogens is 3. The summed E-state index contributed by atoms with van der Waals surface area (Å²) < 4.78 is 16.7. The van der Waals surface area contributed by atoms with E-state index in [4.69, 9.17) is 15.0 Å². The van der Waals surface area contributed by atoms with E-state index in [1.165, 1.54) is 23.5 Å². The van der Waals surface area contributed by atoms with Crippen molar-refractivity contribution in [2.45, 2.75) is 10.9 Å². The third-order valence-electron chi connectivity index (χ3n) is 3.40. The van der Waals surface area contributed by atoms with Gasteiger partial charge in [-0.3, -0.25) is 0 Å². The minimum Gasteiger partial charge on any atom is -0.496 e. The molecule has 0 aliphatic rings. The van der Waals surface area contributed by atoms with Crippen molar-refractivity contribution in [3.63, 3.8) is 0 Å². The average Bonchev–Trinajstić information content (AvgIpc) is 3.26. The zero-order valence-corrected chi connectivity index (χ0v) is 14.4. The molecule has 0 saturated heterocycles. The fourth-order valence-electron chi connectivity index (χ4n) is 2.19. The molecule has 2 N–H and O–H groups in total. The number of ether oxygens (including phenoxy) is 2. The van der Waals surface area contributed by atoms with Crippen LogP contribution in [0.15, 0.2) is 46.0 Å². The highest BCUT2D eigenvalue weighted by Gasteiger charge is 2.17. The molecule has 2 heterocycles. The predicted molar refractivity (Wildman–Crippen MR) is 91.8 cm³/mol. The number of rotatable bonds is 6. The van der Waals surface area contributed by atoms with E-state index in [1.807, 2.05) is 24.3 Å². The number of carbonyl (C=O) groups is 1. The molecule has 3 aromatic rings. The van der Waals surface area contributed by atoms with Crippen LogP contribution < -0.4 is 10.6 Å². The van der Waals surface area contributed by atoms with Gasteiger partial charge in [0.1, 0.15) is 11.5 Å². The van der Waals surface area contributed by atoms with Crippen LogP contribution in [0.1, 0.15) is 16.3 Å². The number of hydrogen-bond donors (Lipinski definition) is 1. The zero-order valence-electron chi connectivity index (χ0n) is 13.6. The van der Waals surface area contributed by atoms with Gasteiger partial charge in [-0.15, -0.1) is 10.2 Å². The number of para-hydroxylation sites is 1. The molecule has 0 unspecified atom stereocenters. The van der Waals surface area contributed by atoms with Crippen molar-refractivity contribution in [3.05, 3.63) is 47.9 Å². The van der Waals surface area contributed by atoms with Crippen LogP contribution >= 0.6 is 11.8 Å². The highest BCUT2D eigenvalue weighted by molar-refractivity contribution is 7.98. The SMILES string of the molecule is COC(=O)c1ccc(CSc2nnc(-c3ccccc3OC)n2N)o1. The Balaban J connectivity index is 1.76. The smallest absolute Gasteiger partial charge is 0.373 e. The van der Waals surface area contributed by atoms with Crippen LogP contribution in [0.25, 0.3) is 11.4 Å². The zero-order chi connectivity index (χ0) is 17.8. The molecular formula is C16H16N4O4S. The number of esters is 1. The topological polar surface area (TPSA) is 105 Å². The van der Waals surface area contributed by atoms with E-state index in [0.29, 0.717) is 28.2 Å². The van der Waals surface area contributed by atoms with Gasteiger partial charge in [-0.05, 0) is 24.3 Å². The number of hydrogen-bond acceptors (Lipinski definition) is 8. The Kier molecular flexibility index (Phi) is 4.94. The molecule has 0 aliphatic carbocycles. The first-order valence-corrected chi connectivity index (χ1v) is 8.26. The molecule has 0 amide bonds. The van der Waals surface area contributed by atoms with Crippen molar-refractivity contribution in [1.82, 2.24) is 14.9 Å². The molecule has 9 heteroatoms. The number of benzene rings is 1. The average molecular weight is 360 g/mol. The monoisotopic (exact) mass is 360 g/mol. The summed E-state index contributed by atoms with van der Waals surface area (Å²) >= 11 is 1.34. The van der Waals surface area contributed by atoms with Gasteiger partial charge in [0.05, 0.1) is 25.5 Å². The highest BCUT2D eigenvalue weighted by Crippen LogP contribution is 2.30. The van der Waals surface area contributed by atoms with Crippen LogP contribution in [-0.2, 0) is 10.5 Å². The van der Waals surface area contributed by atoms with E-state index < -0.39 is 5.97 Å². The fourth-order valence-corrected chi connectivity index (χ4v) is 2.94. The maximum atomic E-state index is 11.4. The van der Waals surface area contributed by atoms with E-state index >= 15 is 0 Å². The van der Waals surface area contributed by atoms with E-state index in [2.05, 4.69) is 14.9 Å². The molecule has 0 radical (unpaired) electrons. The molecule has 3 rings (SSSR count). The second kappa shape index (κ2) is 7.31. The first-order chi connectivity index (χ1) is 12.1. The van der Waals surface area contributed by atoms with Crippen molar-refractivity contribution < 1.29 is 18.7 Å². The largest absolute Gasteiger partial charge is 0.496 e. The van der Waals surface area contributed by atoms with Gasteiger partial charge in [0.2, 0.25) is 10.9 Å². The van der Waals surface area contributed by atoms with Gasteiger partial charge in [-0.2, -0.15) is 0 Å². The van der Waals surface area contributed by atoms with Gasteiger partial charge >= 0.3 is 5.97 Å². The van der Waals surface area contributed by atoms with Gasteiger partial charge < -0.3 is 19.7 Å². The number of nitrogen functional groups attached to an aromatic ring is 1. The molecular weight excluding hydrogens is 344 g/mol. The van der Waals surface area contributed by atoms with Gasteiger partial charge in [0, 0.05) is 0 Å². The lowest BCUT2D eigenvalue weighted by Crippen LogP contribution is -2.11. The maximum Gasteiger partial charge on any atom is 0.373 e. The number of methoxy groups -OCH3 is 2.